The largest absolute Gasteiger partial charge is 0.396 e. The summed E-state index contributed by atoms with van der Waals surface area (Å²) in [6.07, 6.45) is -0.888. The molecule has 3 unspecified atom stereocenters. The summed E-state index contributed by atoms with van der Waals surface area (Å²) in [6, 6.07) is 0. The molecule has 0 aromatic rings. The zero-order valence-electron chi connectivity index (χ0n) is 6.20. The van der Waals surface area contributed by atoms with Gasteiger partial charge in [-0.3, -0.25) is 0 Å². The number of aliphatic hydroxyl groups excluding tert-OH is 2. The first kappa shape index (κ1) is 9.84. The van der Waals surface area contributed by atoms with Crippen LogP contribution in [0.5, 0.6) is 0 Å². The van der Waals surface area contributed by atoms with Gasteiger partial charge in [0.1, 0.15) is 6.23 Å². The molecular weight excluding hydrogens is 132 g/mol. The third-order valence-electron chi connectivity index (χ3n) is 1.82. The molecule has 6 N–H and O–H groups in total. The lowest BCUT2D eigenvalue weighted by Gasteiger charge is -2.22. The fraction of sp³-hybridized carbons (Fsp3) is 1.00. The number of hydrogen-bond donors (Lipinski definition) is 4. The van der Waals surface area contributed by atoms with E-state index in [1.807, 2.05) is 0 Å². The van der Waals surface area contributed by atoms with Crippen molar-refractivity contribution in [1.29, 1.82) is 0 Å². The molecule has 4 heteroatoms. The molecule has 0 bridgehead atoms. The Morgan fingerprint density at radius 3 is 2.10 bits per heavy atom. The molecule has 0 aromatic heterocycles. The van der Waals surface area contributed by atoms with Gasteiger partial charge >= 0.3 is 0 Å². The monoisotopic (exact) mass is 148 g/mol. The van der Waals surface area contributed by atoms with E-state index in [-0.39, 0.29) is 18.4 Å². The Morgan fingerprint density at radius 1 is 1.50 bits per heavy atom. The molecule has 4 nitrogen and oxygen atoms in total. The van der Waals surface area contributed by atoms with Gasteiger partial charge in [-0.25, -0.2) is 0 Å². The predicted octanol–water partition coefficient (Wildman–Crippen LogP) is -1.53. The third-order valence-corrected chi connectivity index (χ3v) is 1.82. The molecule has 0 saturated heterocycles. The quantitative estimate of drug-likeness (QED) is 0.364. The van der Waals surface area contributed by atoms with E-state index in [0.29, 0.717) is 6.54 Å². The molecule has 0 saturated carbocycles. The van der Waals surface area contributed by atoms with Crippen molar-refractivity contribution in [2.24, 2.45) is 23.3 Å². The molecule has 62 valence electrons. The molecule has 0 heterocycles. The zero-order valence-corrected chi connectivity index (χ0v) is 6.20. The van der Waals surface area contributed by atoms with Crippen molar-refractivity contribution < 1.29 is 10.2 Å². The second-order valence-electron chi connectivity index (χ2n) is 2.53. The number of nitrogens with two attached hydrogens (primary N) is 2. The van der Waals surface area contributed by atoms with E-state index in [1.54, 1.807) is 6.92 Å². The highest BCUT2D eigenvalue weighted by atomic mass is 16.3. The summed E-state index contributed by atoms with van der Waals surface area (Å²) in [5.74, 6) is -0.241. The summed E-state index contributed by atoms with van der Waals surface area (Å²) in [7, 11) is 0. The Hall–Kier alpha value is -0.160. The number of rotatable bonds is 4. The predicted molar refractivity (Wildman–Crippen MR) is 39.0 cm³/mol. The van der Waals surface area contributed by atoms with Crippen molar-refractivity contribution in [3.05, 3.63) is 0 Å². The van der Waals surface area contributed by atoms with E-state index in [2.05, 4.69) is 0 Å². The summed E-state index contributed by atoms with van der Waals surface area (Å²) >= 11 is 0. The minimum Gasteiger partial charge on any atom is -0.396 e. The summed E-state index contributed by atoms with van der Waals surface area (Å²) in [6.45, 7) is 2.09. The van der Waals surface area contributed by atoms with Crippen LogP contribution in [0.2, 0.25) is 0 Å². The minimum atomic E-state index is -0.888. The molecule has 3 atom stereocenters. The van der Waals surface area contributed by atoms with Crippen LogP contribution in [0.3, 0.4) is 0 Å². The molecule has 0 aliphatic heterocycles. The highest BCUT2D eigenvalue weighted by Crippen LogP contribution is 2.10. The average Bonchev–Trinajstić information content (AvgIpc) is 1.90. The lowest BCUT2D eigenvalue weighted by Crippen LogP contribution is -2.37. The van der Waals surface area contributed by atoms with Gasteiger partial charge in [0, 0.05) is 18.4 Å². The van der Waals surface area contributed by atoms with Crippen molar-refractivity contribution in [2.45, 2.75) is 13.2 Å². The Bertz CT molecular complexity index is 83.8. The second-order valence-corrected chi connectivity index (χ2v) is 2.53. The van der Waals surface area contributed by atoms with E-state index in [4.69, 9.17) is 21.7 Å². The smallest absolute Gasteiger partial charge is 0.105 e. The van der Waals surface area contributed by atoms with Gasteiger partial charge in [0.2, 0.25) is 0 Å². The maximum Gasteiger partial charge on any atom is 0.105 e. The van der Waals surface area contributed by atoms with Gasteiger partial charge < -0.3 is 21.7 Å². The highest BCUT2D eigenvalue weighted by Gasteiger charge is 2.19. The lowest BCUT2D eigenvalue weighted by atomic mass is 9.94. The third kappa shape index (κ3) is 2.62. The van der Waals surface area contributed by atoms with E-state index in [9.17, 15) is 0 Å². The van der Waals surface area contributed by atoms with Crippen molar-refractivity contribution in [1.82, 2.24) is 0 Å². The van der Waals surface area contributed by atoms with Crippen molar-refractivity contribution in [2.75, 3.05) is 13.2 Å². The van der Waals surface area contributed by atoms with Crippen LogP contribution in [-0.2, 0) is 0 Å². The molecule has 0 radical (unpaired) electrons. The van der Waals surface area contributed by atoms with Crippen LogP contribution in [0.15, 0.2) is 0 Å². The van der Waals surface area contributed by atoms with Gasteiger partial charge in [-0.15, -0.1) is 0 Å². The molecule has 0 spiro atoms. The van der Waals surface area contributed by atoms with E-state index < -0.39 is 6.23 Å². The molecule has 0 rings (SSSR count). The van der Waals surface area contributed by atoms with Gasteiger partial charge in [-0.05, 0) is 6.54 Å². The molecular formula is C6H16N2O2. The van der Waals surface area contributed by atoms with Crippen LogP contribution in [-0.4, -0.2) is 29.6 Å². The van der Waals surface area contributed by atoms with Crippen molar-refractivity contribution in [3.63, 3.8) is 0 Å². The topological polar surface area (TPSA) is 92.5 Å². The number of aliphatic hydroxyl groups is 2. The standard InChI is InChI=1S/C6H16N2O2/c1-4(6(8)10)5(2-7)3-9/h4-6,9-10H,2-3,7-8H2,1H3. The van der Waals surface area contributed by atoms with Crippen LogP contribution < -0.4 is 11.5 Å². The first-order chi connectivity index (χ1) is 4.63. The maximum absolute atomic E-state index is 8.86. The van der Waals surface area contributed by atoms with Crippen molar-refractivity contribution in [3.8, 4) is 0 Å². The number of hydrogen-bond acceptors (Lipinski definition) is 4. The van der Waals surface area contributed by atoms with Crippen molar-refractivity contribution >= 4 is 0 Å². The molecule has 0 fully saturated rings. The van der Waals surface area contributed by atoms with Gasteiger partial charge in [0.15, 0.2) is 0 Å². The molecule has 0 amide bonds. The summed E-state index contributed by atoms with van der Waals surface area (Å²) in [4.78, 5) is 0. The summed E-state index contributed by atoms with van der Waals surface area (Å²) < 4.78 is 0. The van der Waals surface area contributed by atoms with Gasteiger partial charge in [-0.2, -0.15) is 0 Å². The van der Waals surface area contributed by atoms with Gasteiger partial charge in [0.05, 0.1) is 0 Å². The first-order valence-corrected chi connectivity index (χ1v) is 3.38. The molecule has 0 aliphatic rings. The Balaban J connectivity index is 3.76. The molecule has 10 heavy (non-hydrogen) atoms. The molecule has 0 aromatic carbocycles. The highest BCUT2D eigenvalue weighted by molar-refractivity contribution is 4.69. The first-order valence-electron chi connectivity index (χ1n) is 3.38. The van der Waals surface area contributed by atoms with E-state index in [0.717, 1.165) is 0 Å². The average molecular weight is 148 g/mol. The molecule has 0 aliphatic carbocycles. The van der Waals surface area contributed by atoms with Gasteiger partial charge in [0.25, 0.3) is 0 Å². The van der Waals surface area contributed by atoms with Crippen LogP contribution in [0.25, 0.3) is 0 Å². The second kappa shape index (κ2) is 4.62. The summed E-state index contributed by atoms with van der Waals surface area (Å²) in [5.41, 5.74) is 10.5. The Morgan fingerprint density at radius 2 is 2.00 bits per heavy atom. The van der Waals surface area contributed by atoms with E-state index in [1.165, 1.54) is 0 Å². The summed E-state index contributed by atoms with van der Waals surface area (Å²) in [5, 5.41) is 17.6. The van der Waals surface area contributed by atoms with Crippen LogP contribution >= 0.6 is 0 Å². The van der Waals surface area contributed by atoms with Crippen LogP contribution in [0.1, 0.15) is 6.92 Å². The zero-order chi connectivity index (χ0) is 8.15. The SMILES string of the molecule is CC(C(N)O)C(CN)CO. The minimum absolute atomic E-state index is 0.0219. The Kier molecular flexibility index (Phi) is 4.55. The van der Waals surface area contributed by atoms with Crippen LogP contribution in [0.4, 0.5) is 0 Å². The van der Waals surface area contributed by atoms with Crippen LogP contribution in [0, 0.1) is 11.8 Å². The fourth-order valence-corrected chi connectivity index (χ4v) is 0.734. The maximum atomic E-state index is 8.86. The van der Waals surface area contributed by atoms with E-state index >= 15 is 0 Å². The normalized spacial score (nSPS) is 20.1. The lowest BCUT2D eigenvalue weighted by molar-refractivity contribution is 0.0655. The Labute approximate surface area is 60.8 Å². The van der Waals surface area contributed by atoms with Gasteiger partial charge in [-0.1, -0.05) is 6.92 Å². The fourth-order valence-electron chi connectivity index (χ4n) is 0.734.